The second-order valence-corrected chi connectivity index (χ2v) is 6.31. The van der Waals surface area contributed by atoms with Crippen molar-refractivity contribution >= 4 is 11.3 Å². The van der Waals surface area contributed by atoms with Crippen LogP contribution in [0.15, 0.2) is 24.3 Å². The largest absolute Gasteiger partial charge is 0.504 e. The van der Waals surface area contributed by atoms with Gasteiger partial charge in [0.15, 0.2) is 11.5 Å². The molecular weight excluding hydrogens is 274 g/mol. The number of phenolic OH excluding ortho intramolecular Hbond substituents is 3. The molecule has 0 fully saturated rings. The summed E-state index contributed by atoms with van der Waals surface area (Å²) in [6.07, 6.45) is 0.920. The Hall–Kier alpha value is -1.72. The summed E-state index contributed by atoms with van der Waals surface area (Å²) in [5.74, 6) is -1.05. The van der Waals surface area contributed by atoms with Crippen molar-refractivity contribution in [3.05, 3.63) is 39.6 Å². The number of hydrogen-bond acceptors (Lipinski definition) is 5. The van der Waals surface area contributed by atoms with Crippen LogP contribution in [0, 0.1) is 6.92 Å². The van der Waals surface area contributed by atoms with E-state index in [0.717, 1.165) is 6.42 Å². The zero-order valence-electron chi connectivity index (χ0n) is 11.6. The molecule has 0 bridgehead atoms. The molecular formula is C15H19NO3S. The summed E-state index contributed by atoms with van der Waals surface area (Å²) in [7, 11) is 0. The summed E-state index contributed by atoms with van der Waals surface area (Å²) in [6.45, 7) is 4.60. The van der Waals surface area contributed by atoms with Crippen LogP contribution in [0.2, 0.25) is 0 Å². The number of aryl methyl sites for hydroxylation is 1. The molecule has 0 saturated heterocycles. The maximum absolute atomic E-state index is 9.74. The highest BCUT2D eigenvalue weighted by molar-refractivity contribution is 7.11. The third-order valence-corrected chi connectivity index (χ3v) is 4.18. The van der Waals surface area contributed by atoms with Gasteiger partial charge < -0.3 is 20.6 Å². The van der Waals surface area contributed by atoms with E-state index in [9.17, 15) is 15.3 Å². The molecule has 0 aliphatic heterocycles. The zero-order valence-corrected chi connectivity index (χ0v) is 12.4. The molecule has 4 N–H and O–H groups in total. The minimum atomic E-state index is -0.467. The van der Waals surface area contributed by atoms with Crippen LogP contribution < -0.4 is 5.32 Å². The Labute approximate surface area is 122 Å². The third kappa shape index (κ3) is 3.43. The summed E-state index contributed by atoms with van der Waals surface area (Å²) in [5, 5.41) is 31.8. The molecule has 0 amide bonds. The Kier molecular flexibility index (Phi) is 4.52. The summed E-state index contributed by atoms with van der Waals surface area (Å²) < 4.78 is 0. The predicted octanol–water partition coefficient (Wildman–Crippen LogP) is 2.89. The van der Waals surface area contributed by atoms with E-state index in [1.807, 2.05) is 0 Å². The molecule has 2 rings (SSSR count). The highest BCUT2D eigenvalue weighted by Gasteiger charge is 2.12. The van der Waals surface area contributed by atoms with E-state index in [1.165, 1.54) is 15.8 Å². The van der Waals surface area contributed by atoms with Crippen LogP contribution in [0.3, 0.4) is 0 Å². The van der Waals surface area contributed by atoms with Gasteiger partial charge in [-0.15, -0.1) is 11.3 Å². The van der Waals surface area contributed by atoms with Gasteiger partial charge in [0.2, 0.25) is 5.75 Å². The van der Waals surface area contributed by atoms with Crippen molar-refractivity contribution in [2.75, 3.05) is 0 Å². The van der Waals surface area contributed by atoms with Crippen LogP contribution in [-0.4, -0.2) is 21.4 Å². The van der Waals surface area contributed by atoms with Crippen LogP contribution in [0.25, 0.3) is 0 Å². The first-order valence-corrected chi connectivity index (χ1v) is 7.30. The molecule has 5 heteroatoms. The summed E-state index contributed by atoms with van der Waals surface area (Å²) in [5.41, 5.74) is 0.564. The van der Waals surface area contributed by atoms with E-state index < -0.39 is 5.75 Å². The van der Waals surface area contributed by atoms with Gasteiger partial charge in [-0.1, -0.05) is 6.07 Å². The highest BCUT2D eigenvalue weighted by Crippen LogP contribution is 2.36. The Morgan fingerprint density at radius 2 is 1.85 bits per heavy atom. The SMILES string of the molecule is Cc1ccc(CC(C)NCc2ccc(O)c(O)c2O)s1. The van der Waals surface area contributed by atoms with Crippen LogP contribution >= 0.6 is 11.3 Å². The minimum Gasteiger partial charge on any atom is -0.504 e. The predicted molar refractivity (Wildman–Crippen MR) is 80.5 cm³/mol. The molecule has 0 radical (unpaired) electrons. The van der Waals surface area contributed by atoms with E-state index >= 15 is 0 Å². The normalized spacial score (nSPS) is 12.5. The van der Waals surface area contributed by atoms with Crippen molar-refractivity contribution < 1.29 is 15.3 Å². The molecule has 0 aliphatic carbocycles. The third-order valence-electron chi connectivity index (χ3n) is 3.16. The maximum Gasteiger partial charge on any atom is 0.200 e. The summed E-state index contributed by atoms with van der Waals surface area (Å²) in [6, 6.07) is 7.46. The molecule has 0 aliphatic rings. The van der Waals surface area contributed by atoms with E-state index in [1.54, 1.807) is 17.4 Å². The molecule has 1 aromatic heterocycles. The van der Waals surface area contributed by atoms with Crippen LogP contribution in [0.4, 0.5) is 0 Å². The van der Waals surface area contributed by atoms with Crippen molar-refractivity contribution in [1.82, 2.24) is 5.32 Å². The summed E-state index contributed by atoms with van der Waals surface area (Å²) >= 11 is 1.78. The van der Waals surface area contributed by atoms with Crippen molar-refractivity contribution in [3.8, 4) is 17.2 Å². The first kappa shape index (κ1) is 14.7. The maximum atomic E-state index is 9.74. The van der Waals surface area contributed by atoms with Gasteiger partial charge in [0.05, 0.1) is 0 Å². The van der Waals surface area contributed by atoms with Crippen molar-refractivity contribution in [2.24, 2.45) is 0 Å². The minimum absolute atomic E-state index is 0.253. The van der Waals surface area contributed by atoms with Gasteiger partial charge >= 0.3 is 0 Å². The van der Waals surface area contributed by atoms with E-state index in [2.05, 4.69) is 31.3 Å². The Bertz CT molecular complexity index is 595. The fraction of sp³-hybridized carbons (Fsp3) is 0.333. The lowest BCUT2D eigenvalue weighted by atomic mass is 10.1. The van der Waals surface area contributed by atoms with E-state index in [-0.39, 0.29) is 17.5 Å². The van der Waals surface area contributed by atoms with Crippen LogP contribution in [0.1, 0.15) is 22.2 Å². The number of thiophene rings is 1. The van der Waals surface area contributed by atoms with Gasteiger partial charge in [-0.3, -0.25) is 0 Å². The average Bonchev–Trinajstić information content (AvgIpc) is 2.80. The molecule has 2 aromatic rings. The molecule has 1 aromatic carbocycles. The van der Waals surface area contributed by atoms with Crippen LogP contribution in [-0.2, 0) is 13.0 Å². The van der Waals surface area contributed by atoms with Gasteiger partial charge in [0.1, 0.15) is 0 Å². The topological polar surface area (TPSA) is 72.7 Å². The highest BCUT2D eigenvalue weighted by atomic mass is 32.1. The van der Waals surface area contributed by atoms with E-state index in [0.29, 0.717) is 12.1 Å². The lowest BCUT2D eigenvalue weighted by Gasteiger charge is -2.14. The monoisotopic (exact) mass is 293 g/mol. The van der Waals surface area contributed by atoms with Gasteiger partial charge in [0, 0.05) is 27.9 Å². The smallest absolute Gasteiger partial charge is 0.200 e. The molecule has 0 spiro atoms. The molecule has 4 nitrogen and oxygen atoms in total. The second kappa shape index (κ2) is 6.15. The molecule has 1 heterocycles. The van der Waals surface area contributed by atoms with Gasteiger partial charge in [0.25, 0.3) is 0 Å². The lowest BCUT2D eigenvalue weighted by Crippen LogP contribution is -2.27. The average molecular weight is 293 g/mol. The Morgan fingerprint density at radius 1 is 1.10 bits per heavy atom. The van der Waals surface area contributed by atoms with Gasteiger partial charge in [-0.2, -0.15) is 0 Å². The molecule has 20 heavy (non-hydrogen) atoms. The van der Waals surface area contributed by atoms with E-state index in [4.69, 9.17) is 0 Å². The van der Waals surface area contributed by atoms with Gasteiger partial charge in [-0.05, 0) is 38.5 Å². The van der Waals surface area contributed by atoms with Crippen molar-refractivity contribution in [1.29, 1.82) is 0 Å². The number of aromatic hydroxyl groups is 3. The fourth-order valence-electron chi connectivity index (χ4n) is 2.01. The standard InChI is InChI=1S/C15H19NO3S/c1-9(7-12-5-3-10(2)20-12)16-8-11-4-6-13(17)15(19)14(11)18/h3-6,9,16-19H,7-8H2,1-2H3. The van der Waals surface area contributed by atoms with Crippen molar-refractivity contribution in [3.63, 3.8) is 0 Å². The molecule has 1 atom stereocenters. The Morgan fingerprint density at radius 3 is 2.50 bits per heavy atom. The number of nitrogens with one attached hydrogen (secondary N) is 1. The quantitative estimate of drug-likeness (QED) is 0.640. The first-order valence-electron chi connectivity index (χ1n) is 6.49. The number of hydrogen-bond donors (Lipinski definition) is 4. The lowest BCUT2D eigenvalue weighted by molar-refractivity contribution is 0.363. The van der Waals surface area contributed by atoms with Gasteiger partial charge in [-0.25, -0.2) is 0 Å². The van der Waals surface area contributed by atoms with Crippen LogP contribution in [0.5, 0.6) is 17.2 Å². The number of rotatable bonds is 5. The molecule has 0 saturated carbocycles. The number of phenols is 3. The Balaban J connectivity index is 1.93. The summed E-state index contributed by atoms with van der Waals surface area (Å²) in [4.78, 5) is 2.62. The van der Waals surface area contributed by atoms with Crippen molar-refractivity contribution in [2.45, 2.75) is 32.9 Å². The zero-order chi connectivity index (χ0) is 14.7. The fourth-order valence-corrected chi connectivity index (χ4v) is 3.03. The first-order chi connectivity index (χ1) is 9.47. The second-order valence-electron chi connectivity index (χ2n) is 4.94. The number of benzene rings is 1. The molecule has 1 unspecified atom stereocenters. The molecule has 108 valence electrons.